The predicted molar refractivity (Wildman–Crippen MR) is 259 cm³/mol. The number of hydrogen-bond acceptors (Lipinski definition) is 8. The fourth-order valence-electron chi connectivity index (χ4n) is 11.6. The molecule has 0 N–H and O–H groups in total. The maximum absolute atomic E-state index is 6.98. The summed E-state index contributed by atoms with van der Waals surface area (Å²) in [4.78, 5) is 19.7. The second kappa shape index (κ2) is 14.3. The topological polar surface area (TPSA) is 56.1 Å². The van der Waals surface area contributed by atoms with Crippen LogP contribution in [0.4, 0.5) is 34.1 Å². The molecule has 8 nitrogen and oxygen atoms in total. The Balaban J connectivity index is 0.000000139. The molecular weight excluding hydrogens is 765 g/mol. The molecule has 0 bridgehead atoms. The Morgan fingerprint density at radius 2 is 0.790 bits per heavy atom. The van der Waals surface area contributed by atoms with E-state index in [1.165, 1.54) is 93.9 Å². The lowest BCUT2D eigenvalue weighted by Crippen LogP contribution is -2.61. The van der Waals surface area contributed by atoms with Gasteiger partial charge >= 0.3 is 0 Å². The Hall–Kier alpha value is -6.02. The third-order valence-electron chi connectivity index (χ3n) is 15.2. The molecule has 62 heavy (non-hydrogen) atoms. The molecule has 0 aromatic heterocycles. The molecule has 2 fully saturated rings. The van der Waals surface area contributed by atoms with Crippen molar-refractivity contribution in [1.29, 1.82) is 0 Å². The number of rotatable bonds is 2. The van der Waals surface area contributed by atoms with Crippen LogP contribution in [0.1, 0.15) is 77.3 Å². The van der Waals surface area contributed by atoms with Gasteiger partial charge in [0.2, 0.25) is 11.4 Å². The number of piperidine rings is 2. The SMILES string of the molecule is CN1c2ccccc2C(C)(C)C12C=Nc1c(cc(N3CCCCC3)c3ccccc13)O2.CN1c2ccccc2C(C)(C)C12C=Nc1c(cc(N3CCCCC3)c3ccccc13)O2. The highest BCUT2D eigenvalue weighted by atomic mass is 16.5. The minimum Gasteiger partial charge on any atom is -0.459 e. The molecular formula is C54H58N6O2. The van der Waals surface area contributed by atoms with Crippen molar-refractivity contribution in [1.82, 2.24) is 0 Å². The van der Waals surface area contributed by atoms with Crippen LogP contribution in [0.25, 0.3) is 21.5 Å². The standard InChI is InChI=1S/2C27H29N3O/c2*1-26(2)21-13-7-8-14-22(21)29(3)27(26)18-28-25-20-12-6-5-11-19(20)23(17-24(25)31-27)30-15-9-4-10-16-30/h2*5-8,11-14,17-18H,4,9-10,15-16H2,1-3H3. The lowest BCUT2D eigenvalue weighted by Gasteiger charge is -2.45. The van der Waals surface area contributed by atoms with Crippen molar-refractivity contribution in [2.75, 3.05) is 59.9 Å². The van der Waals surface area contributed by atoms with E-state index in [-0.39, 0.29) is 10.8 Å². The average molecular weight is 823 g/mol. The molecule has 2 saturated heterocycles. The number of hydrogen-bond donors (Lipinski definition) is 0. The van der Waals surface area contributed by atoms with E-state index in [0.717, 1.165) is 49.1 Å². The summed E-state index contributed by atoms with van der Waals surface area (Å²) in [5.74, 6) is 1.77. The van der Waals surface area contributed by atoms with E-state index in [1.807, 2.05) is 12.4 Å². The molecule has 12 rings (SSSR count). The summed E-state index contributed by atoms with van der Waals surface area (Å²) in [7, 11) is 4.24. The smallest absolute Gasteiger partial charge is 0.228 e. The van der Waals surface area contributed by atoms with E-state index in [9.17, 15) is 0 Å². The summed E-state index contributed by atoms with van der Waals surface area (Å²) < 4.78 is 14.0. The van der Waals surface area contributed by atoms with Crippen molar-refractivity contribution in [3.63, 3.8) is 0 Å². The average Bonchev–Trinajstić information content (AvgIpc) is 3.58. The molecule has 6 aliphatic heterocycles. The molecule has 8 heteroatoms. The molecule has 0 radical (unpaired) electrons. The molecule has 2 spiro atoms. The van der Waals surface area contributed by atoms with E-state index >= 15 is 0 Å². The first-order chi connectivity index (χ1) is 30.1. The largest absolute Gasteiger partial charge is 0.459 e. The van der Waals surface area contributed by atoms with Crippen molar-refractivity contribution in [3.8, 4) is 11.5 Å². The minimum atomic E-state index is -0.648. The highest BCUT2D eigenvalue weighted by Gasteiger charge is 2.60. The summed E-state index contributed by atoms with van der Waals surface area (Å²) in [6.45, 7) is 13.5. The predicted octanol–water partition coefficient (Wildman–Crippen LogP) is 12.1. The minimum absolute atomic E-state index is 0.240. The second-order valence-corrected chi connectivity index (χ2v) is 19.2. The van der Waals surface area contributed by atoms with Gasteiger partial charge in [0.15, 0.2) is 11.5 Å². The maximum Gasteiger partial charge on any atom is 0.228 e. The zero-order chi connectivity index (χ0) is 42.4. The van der Waals surface area contributed by atoms with E-state index in [0.29, 0.717) is 0 Å². The van der Waals surface area contributed by atoms with E-state index in [2.05, 4.69) is 171 Å². The van der Waals surface area contributed by atoms with Gasteiger partial charge < -0.3 is 29.1 Å². The zero-order valence-corrected chi connectivity index (χ0v) is 37.1. The van der Waals surface area contributed by atoms with Gasteiger partial charge in [0.1, 0.15) is 11.4 Å². The quantitative estimate of drug-likeness (QED) is 0.173. The summed E-state index contributed by atoms with van der Waals surface area (Å²) in [6.07, 6.45) is 11.7. The van der Waals surface area contributed by atoms with Crippen molar-refractivity contribution in [3.05, 3.63) is 120 Å². The summed E-state index contributed by atoms with van der Waals surface area (Å²) in [5.41, 5.74) is 7.68. The number of ether oxygens (including phenoxy) is 2. The van der Waals surface area contributed by atoms with Crippen molar-refractivity contribution in [2.24, 2.45) is 9.98 Å². The van der Waals surface area contributed by atoms with Gasteiger partial charge in [-0.05, 0) is 89.5 Å². The fourth-order valence-corrected chi connectivity index (χ4v) is 11.6. The van der Waals surface area contributed by atoms with Gasteiger partial charge in [-0.15, -0.1) is 0 Å². The normalized spacial score (nSPS) is 23.7. The molecule has 6 aromatic carbocycles. The van der Waals surface area contributed by atoms with Crippen LogP contribution >= 0.6 is 0 Å². The first kappa shape index (κ1) is 38.9. The van der Waals surface area contributed by atoms with Gasteiger partial charge in [-0.2, -0.15) is 0 Å². The van der Waals surface area contributed by atoms with E-state index in [1.54, 1.807) is 0 Å². The first-order valence-corrected chi connectivity index (χ1v) is 22.8. The summed E-state index contributed by atoms with van der Waals surface area (Å²) in [5, 5.41) is 4.87. The Bertz CT molecular complexity index is 2610. The van der Waals surface area contributed by atoms with Crippen LogP contribution in [0.5, 0.6) is 11.5 Å². The highest BCUT2D eigenvalue weighted by Crippen LogP contribution is 2.57. The number of fused-ring (bicyclic) bond motifs is 8. The molecule has 316 valence electrons. The third-order valence-corrected chi connectivity index (χ3v) is 15.2. The highest BCUT2D eigenvalue weighted by molar-refractivity contribution is 6.07. The molecule has 6 aliphatic rings. The van der Waals surface area contributed by atoms with E-state index < -0.39 is 11.4 Å². The van der Waals surface area contributed by atoms with Crippen molar-refractivity contribution < 1.29 is 9.47 Å². The summed E-state index contributed by atoms with van der Waals surface area (Å²) >= 11 is 0. The monoisotopic (exact) mass is 822 g/mol. The van der Waals surface area contributed by atoms with Gasteiger partial charge in [-0.25, -0.2) is 0 Å². The molecule has 6 heterocycles. The molecule has 2 atom stereocenters. The Labute approximate surface area is 366 Å². The molecule has 0 amide bonds. The van der Waals surface area contributed by atoms with Crippen LogP contribution in [0.3, 0.4) is 0 Å². The molecule has 6 aromatic rings. The Morgan fingerprint density at radius 3 is 1.18 bits per heavy atom. The molecule has 0 aliphatic carbocycles. The fraction of sp³-hybridized carbons (Fsp3) is 0.370. The number of likely N-dealkylation sites (N-methyl/N-ethyl adjacent to an activating group) is 2. The number of nitrogens with zero attached hydrogens (tertiary/aromatic N) is 6. The number of benzene rings is 6. The maximum atomic E-state index is 6.98. The van der Waals surface area contributed by atoms with Crippen molar-refractivity contribution >= 4 is 68.1 Å². The number of aliphatic imine (C=N–C) groups is 2. The second-order valence-electron chi connectivity index (χ2n) is 19.2. The van der Waals surface area contributed by atoms with Crippen molar-refractivity contribution in [2.45, 2.75) is 88.5 Å². The Morgan fingerprint density at radius 1 is 0.435 bits per heavy atom. The number of para-hydroxylation sites is 2. The molecule has 0 saturated carbocycles. The van der Waals surface area contributed by atoms with Crippen LogP contribution in [-0.2, 0) is 10.8 Å². The van der Waals surface area contributed by atoms with Crippen LogP contribution in [-0.4, -0.2) is 64.2 Å². The Kier molecular flexibility index (Phi) is 8.94. The van der Waals surface area contributed by atoms with Gasteiger partial charge in [-0.3, -0.25) is 9.98 Å². The van der Waals surface area contributed by atoms with Gasteiger partial charge in [0.05, 0.1) is 23.3 Å². The van der Waals surface area contributed by atoms with Crippen LogP contribution < -0.4 is 29.1 Å². The zero-order valence-electron chi connectivity index (χ0n) is 37.1. The first-order valence-electron chi connectivity index (χ1n) is 22.8. The van der Waals surface area contributed by atoms with Crippen LogP contribution in [0.2, 0.25) is 0 Å². The summed E-state index contributed by atoms with van der Waals surface area (Å²) in [6, 6.07) is 39.0. The number of anilines is 4. The lowest BCUT2D eigenvalue weighted by molar-refractivity contribution is 0.0826. The van der Waals surface area contributed by atoms with E-state index in [4.69, 9.17) is 19.5 Å². The van der Waals surface area contributed by atoms with Gasteiger partial charge in [0.25, 0.3) is 0 Å². The third kappa shape index (κ3) is 5.50. The van der Waals surface area contributed by atoms with Crippen LogP contribution in [0, 0.1) is 0 Å². The van der Waals surface area contributed by atoms with Crippen LogP contribution in [0.15, 0.2) is 119 Å². The van der Waals surface area contributed by atoms with Gasteiger partial charge in [0, 0.05) is 96.7 Å². The lowest BCUT2D eigenvalue weighted by atomic mass is 9.77. The molecule has 2 unspecified atom stereocenters. The van der Waals surface area contributed by atoms with Gasteiger partial charge in [-0.1, -0.05) is 84.9 Å².